The first-order valence-electron chi connectivity index (χ1n) is 7.47. The minimum atomic E-state index is -3.33. The zero-order valence-electron chi connectivity index (χ0n) is 13.2. The normalized spacial score (nSPS) is 12.4. The van der Waals surface area contributed by atoms with Crippen molar-refractivity contribution < 1.29 is 28.0 Å². The highest BCUT2D eigenvalue weighted by molar-refractivity contribution is 6.58. The van der Waals surface area contributed by atoms with Crippen LogP contribution in [0.3, 0.4) is 0 Å². The van der Waals surface area contributed by atoms with Crippen LogP contribution in [0.2, 0.25) is 0 Å². The number of aromatic nitrogens is 2. The molecule has 0 bridgehead atoms. The van der Waals surface area contributed by atoms with Crippen molar-refractivity contribution in [3.63, 3.8) is 0 Å². The van der Waals surface area contributed by atoms with E-state index in [1.807, 2.05) is 0 Å². The number of hydrogen-bond donors (Lipinski definition) is 3. The van der Waals surface area contributed by atoms with Gasteiger partial charge in [0.2, 0.25) is 0 Å². The molecule has 1 aromatic heterocycles. The number of alkyl halides is 3. The highest BCUT2D eigenvalue weighted by atomic mass is 19.3. The van der Waals surface area contributed by atoms with Crippen molar-refractivity contribution in [1.82, 2.24) is 10.2 Å². The number of nitrogens with zero attached hydrogens (tertiary/aromatic N) is 2. The number of anilines is 1. The Morgan fingerprint density at radius 3 is 2.54 bits per heavy atom. The molecule has 0 amide bonds. The number of ether oxygens (including phenoxy) is 1. The van der Waals surface area contributed by atoms with Crippen LogP contribution in [0.15, 0.2) is 42.6 Å². The number of nitrogens with two attached hydrogens (primary N) is 1. The van der Waals surface area contributed by atoms with Crippen molar-refractivity contribution in [2.45, 2.75) is 12.8 Å². The lowest BCUT2D eigenvalue weighted by Gasteiger charge is -2.16. The third-order valence-electron chi connectivity index (χ3n) is 3.72. The number of hydrogen-bond acceptors (Lipinski definition) is 6. The van der Waals surface area contributed by atoms with Crippen molar-refractivity contribution in [3.05, 3.63) is 42.6 Å². The summed E-state index contributed by atoms with van der Waals surface area (Å²) in [6.07, 6.45) is -4.77. The summed E-state index contributed by atoms with van der Waals surface area (Å²) >= 11 is 0. The molecule has 0 aliphatic rings. The van der Waals surface area contributed by atoms with Crippen LogP contribution in [0.4, 0.5) is 18.9 Å². The van der Waals surface area contributed by atoms with Crippen molar-refractivity contribution in [2.75, 3.05) is 5.73 Å². The van der Waals surface area contributed by atoms with Gasteiger partial charge in [-0.2, -0.15) is 14.6 Å². The molecule has 0 saturated heterocycles. The first kappa shape index (κ1) is 18.0. The van der Waals surface area contributed by atoms with Gasteiger partial charge in [0.25, 0.3) is 6.36 Å². The zero-order valence-corrected chi connectivity index (χ0v) is 13.2. The first-order chi connectivity index (χ1) is 12.4. The van der Waals surface area contributed by atoms with E-state index in [2.05, 4.69) is 10.2 Å². The first-order valence-corrected chi connectivity index (χ1v) is 7.47. The zero-order chi connectivity index (χ0) is 18.8. The number of nitrogen functional groups attached to an aromatic ring is 1. The summed E-state index contributed by atoms with van der Waals surface area (Å²) in [6, 6.07) is 8.53. The number of rotatable bonds is 5. The number of benzene rings is 2. The molecule has 10 heteroatoms. The Balaban J connectivity index is 2.13. The van der Waals surface area contributed by atoms with Crippen LogP contribution in [-0.2, 0) is 0 Å². The largest absolute Gasteiger partial charge is 0.488 e. The lowest BCUT2D eigenvalue weighted by Crippen LogP contribution is -2.30. The van der Waals surface area contributed by atoms with E-state index >= 15 is 0 Å². The summed E-state index contributed by atoms with van der Waals surface area (Å²) in [5, 5.41) is 27.0. The van der Waals surface area contributed by atoms with E-state index in [-0.39, 0.29) is 16.8 Å². The maximum Gasteiger partial charge on any atom is 0.488 e. The molecule has 3 aromatic rings. The van der Waals surface area contributed by atoms with Gasteiger partial charge in [-0.05, 0) is 29.2 Å². The van der Waals surface area contributed by atoms with E-state index in [0.717, 1.165) is 0 Å². The molecule has 26 heavy (non-hydrogen) atoms. The molecule has 2 aromatic carbocycles. The Morgan fingerprint density at radius 1 is 1.08 bits per heavy atom. The molecular formula is C16H13BF3N3O3. The van der Waals surface area contributed by atoms with Gasteiger partial charge in [0.15, 0.2) is 0 Å². The van der Waals surface area contributed by atoms with Crippen LogP contribution in [-0.4, -0.2) is 40.1 Å². The minimum Gasteiger partial charge on any atom is -0.454 e. The molecule has 1 heterocycles. The Hall–Kier alpha value is -2.85. The van der Waals surface area contributed by atoms with Crippen molar-refractivity contribution in [2.24, 2.45) is 0 Å². The SMILES string of the molecule is Nc1cnnc2cc(-c3cc(B(O)O)ccc3OC(F)C(F)F)ccc12. The minimum absolute atomic E-state index is 0.0820. The maximum absolute atomic E-state index is 13.4. The van der Waals surface area contributed by atoms with Crippen LogP contribution in [0.1, 0.15) is 0 Å². The van der Waals surface area contributed by atoms with Crippen LogP contribution in [0.25, 0.3) is 22.0 Å². The molecule has 0 fully saturated rings. The van der Waals surface area contributed by atoms with Crippen LogP contribution >= 0.6 is 0 Å². The Bertz CT molecular complexity index is 943. The summed E-state index contributed by atoms with van der Waals surface area (Å²) in [5.41, 5.74) is 7.33. The predicted octanol–water partition coefficient (Wildman–Crippen LogP) is 1.50. The lowest BCUT2D eigenvalue weighted by molar-refractivity contribution is -0.0665. The van der Waals surface area contributed by atoms with Gasteiger partial charge in [-0.1, -0.05) is 18.2 Å². The molecule has 0 spiro atoms. The molecule has 134 valence electrons. The van der Waals surface area contributed by atoms with E-state index in [0.29, 0.717) is 22.2 Å². The fourth-order valence-corrected chi connectivity index (χ4v) is 2.46. The van der Waals surface area contributed by atoms with Gasteiger partial charge in [0.05, 0.1) is 17.4 Å². The Morgan fingerprint density at radius 2 is 1.85 bits per heavy atom. The van der Waals surface area contributed by atoms with E-state index in [1.165, 1.54) is 24.4 Å². The van der Waals surface area contributed by atoms with E-state index in [1.54, 1.807) is 18.2 Å². The van der Waals surface area contributed by atoms with Crippen LogP contribution in [0.5, 0.6) is 5.75 Å². The van der Waals surface area contributed by atoms with Gasteiger partial charge in [0.1, 0.15) is 5.75 Å². The second-order valence-electron chi connectivity index (χ2n) is 5.46. The molecule has 3 rings (SSSR count). The topological polar surface area (TPSA) is 101 Å². The molecule has 6 nitrogen and oxygen atoms in total. The highest BCUT2D eigenvalue weighted by Gasteiger charge is 2.23. The Labute approximate surface area is 146 Å². The van der Waals surface area contributed by atoms with Gasteiger partial charge in [0, 0.05) is 10.9 Å². The fourth-order valence-electron chi connectivity index (χ4n) is 2.46. The summed E-state index contributed by atoms with van der Waals surface area (Å²) in [7, 11) is -1.80. The summed E-state index contributed by atoms with van der Waals surface area (Å²) in [5.74, 6) is -0.182. The predicted molar refractivity (Wildman–Crippen MR) is 90.7 cm³/mol. The van der Waals surface area contributed by atoms with Gasteiger partial charge in [-0.25, -0.2) is 8.78 Å². The standard InChI is InChI=1S/C16H13BF3N3O3/c18-15(19)16(20)26-14-4-2-9(17(24)25)6-11(14)8-1-3-10-12(21)7-22-23-13(10)5-8/h1-7,15-16,24-25H,(H2,21,23). The Kier molecular flexibility index (Phi) is 4.96. The van der Waals surface area contributed by atoms with Crippen molar-refractivity contribution in [3.8, 4) is 16.9 Å². The second-order valence-corrected chi connectivity index (χ2v) is 5.46. The van der Waals surface area contributed by atoms with E-state index in [4.69, 9.17) is 10.5 Å². The average Bonchev–Trinajstić information content (AvgIpc) is 2.61. The van der Waals surface area contributed by atoms with Gasteiger partial charge < -0.3 is 20.5 Å². The number of halogens is 3. The fraction of sp³-hybridized carbons (Fsp3) is 0.125. The molecule has 0 aliphatic heterocycles. The van der Waals surface area contributed by atoms with E-state index in [9.17, 15) is 23.2 Å². The maximum atomic E-state index is 13.4. The van der Waals surface area contributed by atoms with Gasteiger partial charge in [-0.3, -0.25) is 0 Å². The quantitative estimate of drug-likeness (QED) is 0.594. The molecule has 1 unspecified atom stereocenters. The molecule has 4 N–H and O–H groups in total. The average molecular weight is 363 g/mol. The second kappa shape index (κ2) is 7.18. The molecule has 1 atom stereocenters. The lowest BCUT2D eigenvalue weighted by atomic mass is 9.79. The van der Waals surface area contributed by atoms with Crippen LogP contribution in [0, 0.1) is 0 Å². The van der Waals surface area contributed by atoms with Crippen LogP contribution < -0.4 is 15.9 Å². The third kappa shape index (κ3) is 3.56. The molecule has 0 radical (unpaired) electrons. The van der Waals surface area contributed by atoms with Gasteiger partial charge >= 0.3 is 13.5 Å². The summed E-state index contributed by atoms with van der Waals surface area (Å²) in [4.78, 5) is 0. The third-order valence-corrected chi connectivity index (χ3v) is 3.72. The van der Waals surface area contributed by atoms with Crippen molar-refractivity contribution >= 4 is 29.2 Å². The monoisotopic (exact) mass is 363 g/mol. The molecular weight excluding hydrogens is 350 g/mol. The smallest absolute Gasteiger partial charge is 0.454 e. The van der Waals surface area contributed by atoms with Crippen molar-refractivity contribution in [1.29, 1.82) is 0 Å². The number of fused-ring (bicyclic) bond motifs is 1. The van der Waals surface area contributed by atoms with Gasteiger partial charge in [-0.15, -0.1) is 0 Å². The summed E-state index contributed by atoms with van der Waals surface area (Å²) < 4.78 is 43.0. The molecule has 0 saturated carbocycles. The van der Waals surface area contributed by atoms with E-state index < -0.39 is 19.9 Å². The molecule has 0 aliphatic carbocycles. The highest BCUT2D eigenvalue weighted by Crippen LogP contribution is 2.33. The summed E-state index contributed by atoms with van der Waals surface area (Å²) in [6.45, 7) is 0.